The highest BCUT2D eigenvalue weighted by Crippen LogP contribution is 2.26. The molecule has 0 saturated carbocycles. The van der Waals surface area contributed by atoms with Gasteiger partial charge in [-0.1, -0.05) is 0 Å². The van der Waals surface area contributed by atoms with Crippen molar-refractivity contribution in [3.63, 3.8) is 0 Å². The molecule has 3 rings (SSSR count). The third kappa shape index (κ3) is 3.02. The second-order valence-electron chi connectivity index (χ2n) is 5.53. The lowest BCUT2D eigenvalue weighted by atomic mass is 10.1. The minimum atomic E-state index is -3.39. The number of rotatable bonds is 5. The predicted octanol–water partition coefficient (Wildman–Crippen LogP) is 2.35. The Labute approximate surface area is 129 Å². The molecule has 0 radical (unpaired) electrons. The van der Waals surface area contributed by atoms with E-state index in [2.05, 4.69) is 4.72 Å². The molecule has 0 spiro atoms. The van der Waals surface area contributed by atoms with Crippen molar-refractivity contribution in [3.05, 3.63) is 35.3 Å². The van der Waals surface area contributed by atoms with Crippen LogP contribution in [0.15, 0.2) is 22.6 Å². The van der Waals surface area contributed by atoms with Crippen molar-refractivity contribution in [1.29, 1.82) is 0 Å². The molecule has 0 unspecified atom stereocenters. The molecular weight excluding hydrogens is 307 g/mol. The van der Waals surface area contributed by atoms with E-state index in [1.54, 1.807) is 6.07 Å². The fourth-order valence-electron chi connectivity index (χ4n) is 2.88. The summed E-state index contributed by atoms with van der Waals surface area (Å²) >= 11 is 0. The Hall–Kier alpha value is -1.44. The number of nitrogens with zero attached hydrogens (tertiary/aromatic N) is 1. The molecule has 0 atom stereocenters. The molecule has 1 fully saturated rings. The summed E-state index contributed by atoms with van der Waals surface area (Å²) in [7, 11) is -3.39. The maximum atomic E-state index is 13.2. The van der Waals surface area contributed by atoms with Gasteiger partial charge in [0.1, 0.15) is 17.2 Å². The molecule has 5 nitrogen and oxygen atoms in total. The molecular formula is C15H19FN2O3S. The topological polar surface area (TPSA) is 62.6 Å². The number of furan rings is 1. The zero-order chi connectivity index (χ0) is 15.7. The molecule has 1 N–H and O–H groups in total. The van der Waals surface area contributed by atoms with Crippen LogP contribution in [0.1, 0.15) is 24.2 Å². The molecule has 1 aromatic heterocycles. The average molecular weight is 326 g/mol. The molecule has 7 heteroatoms. The van der Waals surface area contributed by atoms with Gasteiger partial charge >= 0.3 is 0 Å². The summed E-state index contributed by atoms with van der Waals surface area (Å²) < 4.78 is 47.0. The van der Waals surface area contributed by atoms with Gasteiger partial charge in [-0.15, -0.1) is 0 Å². The van der Waals surface area contributed by atoms with Crippen molar-refractivity contribution in [2.45, 2.75) is 26.2 Å². The summed E-state index contributed by atoms with van der Waals surface area (Å²) in [5.74, 6) is 0.350. The predicted molar refractivity (Wildman–Crippen MR) is 82.3 cm³/mol. The van der Waals surface area contributed by atoms with Crippen LogP contribution in [0.5, 0.6) is 0 Å². The molecule has 1 saturated heterocycles. The van der Waals surface area contributed by atoms with E-state index >= 15 is 0 Å². The van der Waals surface area contributed by atoms with Crippen LogP contribution in [0.4, 0.5) is 4.39 Å². The Morgan fingerprint density at radius 2 is 2.05 bits per heavy atom. The minimum absolute atomic E-state index is 0.297. The lowest BCUT2D eigenvalue weighted by Crippen LogP contribution is -2.39. The minimum Gasteiger partial charge on any atom is -0.461 e. The van der Waals surface area contributed by atoms with Gasteiger partial charge in [-0.3, -0.25) is 0 Å². The number of benzene rings is 1. The van der Waals surface area contributed by atoms with Crippen LogP contribution in [0.3, 0.4) is 0 Å². The number of nitrogens with one attached hydrogen (secondary N) is 1. The fraction of sp³-hybridized carbons (Fsp3) is 0.467. The monoisotopic (exact) mass is 326 g/mol. The lowest BCUT2D eigenvalue weighted by Gasteiger charge is -2.15. The maximum absolute atomic E-state index is 13.2. The number of hydrogen-bond acceptors (Lipinski definition) is 3. The van der Waals surface area contributed by atoms with Crippen molar-refractivity contribution in [1.82, 2.24) is 9.03 Å². The first-order valence-electron chi connectivity index (χ1n) is 7.39. The number of halogens is 1. The van der Waals surface area contributed by atoms with Crippen molar-refractivity contribution in [2.24, 2.45) is 0 Å². The molecule has 2 aromatic rings. The van der Waals surface area contributed by atoms with Gasteiger partial charge in [0, 0.05) is 36.7 Å². The van der Waals surface area contributed by atoms with Gasteiger partial charge < -0.3 is 4.42 Å². The highest BCUT2D eigenvalue weighted by molar-refractivity contribution is 7.87. The Balaban J connectivity index is 1.70. The Morgan fingerprint density at radius 1 is 1.32 bits per heavy atom. The maximum Gasteiger partial charge on any atom is 0.279 e. The Bertz CT molecular complexity index is 779. The summed E-state index contributed by atoms with van der Waals surface area (Å²) in [4.78, 5) is 0. The summed E-state index contributed by atoms with van der Waals surface area (Å²) in [6.07, 6.45) is 2.34. The lowest BCUT2D eigenvalue weighted by molar-refractivity contribution is 0.465. The van der Waals surface area contributed by atoms with Gasteiger partial charge in [-0.2, -0.15) is 12.7 Å². The van der Waals surface area contributed by atoms with E-state index in [-0.39, 0.29) is 5.82 Å². The van der Waals surface area contributed by atoms with Crippen molar-refractivity contribution in [3.8, 4) is 0 Å². The molecule has 2 heterocycles. The smallest absolute Gasteiger partial charge is 0.279 e. The van der Waals surface area contributed by atoms with E-state index in [1.165, 1.54) is 16.4 Å². The van der Waals surface area contributed by atoms with Gasteiger partial charge in [0.25, 0.3) is 10.2 Å². The molecule has 22 heavy (non-hydrogen) atoms. The third-order valence-corrected chi connectivity index (χ3v) is 5.64. The van der Waals surface area contributed by atoms with Gasteiger partial charge in [0.15, 0.2) is 0 Å². The summed E-state index contributed by atoms with van der Waals surface area (Å²) in [5, 5.41) is 0.833. The number of fused-ring (bicyclic) bond motifs is 1. The van der Waals surface area contributed by atoms with Crippen molar-refractivity contribution >= 4 is 21.2 Å². The van der Waals surface area contributed by atoms with Crippen LogP contribution in [0.2, 0.25) is 0 Å². The van der Waals surface area contributed by atoms with E-state index in [4.69, 9.17) is 4.42 Å². The van der Waals surface area contributed by atoms with E-state index < -0.39 is 10.2 Å². The van der Waals surface area contributed by atoms with Gasteiger partial charge in [0.05, 0.1) is 0 Å². The summed E-state index contributed by atoms with van der Waals surface area (Å²) in [5.41, 5.74) is 1.41. The first-order valence-corrected chi connectivity index (χ1v) is 8.83. The fourth-order valence-corrected chi connectivity index (χ4v) is 4.16. The number of aryl methyl sites for hydroxylation is 1. The van der Waals surface area contributed by atoms with E-state index in [0.717, 1.165) is 23.8 Å². The van der Waals surface area contributed by atoms with Crippen LogP contribution in [-0.2, 0) is 16.6 Å². The van der Waals surface area contributed by atoms with Crippen LogP contribution >= 0.6 is 0 Å². The highest BCUT2D eigenvalue weighted by atomic mass is 32.2. The standard InChI is InChI=1S/C15H19FN2O3S/c1-11-13(14-5-4-12(16)10-15(14)21-11)6-7-17-22(19,20)18-8-2-3-9-18/h4-5,10,17H,2-3,6-9H2,1H3. The Morgan fingerprint density at radius 3 is 2.77 bits per heavy atom. The largest absolute Gasteiger partial charge is 0.461 e. The zero-order valence-corrected chi connectivity index (χ0v) is 13.2. The molecule has 120 valence electrons. The molecule has 0 amide bonds. The van der Waals surface area contributed by atoms with Crippen LogP contribution in [0, 0.1) is 12.7 Å². The van der Waals surface area contributed by atoms with Gasteiger partial charge in [-0.05, 0) is 38.3 Å². The molecule has 1 aromatic carbocycles. The zero-order valence-electron chi connectivity index (χ0n) is 12.4. The van der Waals surface area contributed by atoms with Gasteiger partial charge in [-0.25, -0.2) is 9.11 Å². The van der Waals surface area contributed by atoms with Crippen molar-refractivity contribution in [2.75, 3.05) is 19.6 Å². The molecule has 1 aliphatic heterocycles. The SMILES string of the molecule is Cc1oc2cc(F)ccc2c1CCNS(=O)(=O)N1CCCC1. The van der Waals surface area contributed by atoms with E-state index in [9.17, 15) is 12.8 Å². The highest BCUT2D eigenvalue weighted by Gasteiger charge is 2.24. The van der Waals surface area contributed by atoms with Crippen LogP contribution in [-0.4, -0.2) is 32.4 Å². The summed E-state index contributed by atoms with van der Waals surface area (Å²) in [6, 6.07) is 4.40. The quantitative estimate of drug-likeness (QED) is 0.917. The molecule has 1 aliphatic rings. The molecule has 0 bridgehead atoms. The number of hydrogen-bond donors (Lipinski definition) is 1. The first-order chi connectivity index (χ1) is 10.5. The Kier molecular flexibility index (Phi) is 4.20. The summed E-state index contributed by atoms with van der Waals surface area (Å²) in [6.45, 7) is 3.28. The second kappa shape index (κ2) is 5.98. The van der Waals surface area contributed by atoms with Gasteiger partial charge in [0.2, 0.25) is 0 Å². The molecule has 0 aliphatic carbocycles. The van der Waals surface area contributed by atoms with E-state index in [0.29, 0.717) is 37.4 Å². The first kappa shape index (κ1) is 15.5. The second-order valence-corrected chi connectivity index (χ2v) is 7.29. The van der Waals surface area contributed by atoms with Crippen molar-refractivity contribution < 1.29 is 17.2 Å². The normalized spacial score (nSPS) is 16.6. The third-order valence-electron chi connectivity index (χ3n) is 4.02. The van der Waals surface area contributed by atoms with Crippen LogP contribution < -0.4 is 4.72 Å². The van der Waals surface area contributed by atoms with E-state index in [1.807, 2.05) is 6.92 Å². The average Bonchev–Trinajstić information content (AvgIpc) is 3.07. The van der Waals surface area contributed by atoms with Crippen LogP contribution in [0.25, 0.3) is 11.0 Å².